The molecule has 0 atom stereocenters. The van der Waals surface area contributed by atoms with E-state index in [1.54, 1.807) is 0 Å². The first-order valence-corrected chi connectivity index (χ1v) is 7.22. The van der Waals surface area contributed by atoms with E-state index in [2.05, 4.69) is 5.32 Å². The van der Waals surface area contributed by atoms with E-state index in [9.17, 15) is 13.2 Å². The molecule has 0 aliphatic carbocycles. The number of carbonyl (C=O) groups is 1. The summed E-state index contributed by atoms with van der Waals surface area (Å²) in [5.41, 5.74) is 4.19. The summed E-state index contributed by atoms with van der Waals surface area (Å²) in [5, 5.41) is 2.75. The van der Waals surface area contributed by atoms with Gasteiger partial charge in [0.2, 0.25) is 5.91 Å². The van der Waals surface area contributed by atoms with E-state index in [-0.39, 0.29) is 17.4 Å². The third kappa shape index (κ3) is 2.20. The van der Waals surface area contributed by atoms with Crippen LogP contribution in [0.1, 0.15) is 29.2 Å². The number of rotatable bonds is 1. The zero-order chi connectivity index (χ0) is 12.8. The van der Waals surface area contributed by atoms with E-state index < -0.39 is 9.84 Å². The molecule has 17 heavy (non-hydrogen) atoms. The molecule has 0 aromatic heterocycles. The first-order valence-electron chi connectivity index (χ1n) is 5.40. The van der Waals surface area contributed by atoms with Crippen LogP contribution in [0.5, 0.6) is 0 Å². The molecule has 5 heteroatoms. The molecule has 1 aromatic carbocycles. The molecule has 2 rings (SSSR count). The van der Waals surface area contributed by atoms with Crippen LogP contribution in [-0.2, 0) is 26.1 Å². The van der Waals surface area contributed by atoms with Crippen LogP contribution in [0.15, 0.2) is 6.07 Å². The number of sulfone groups is 1. The van der Waals surface area contributed by atoms with Gasteiger partial charge >= 0.3 is 0 Å². The third-order valence-corrected chi connectivity index (χ3v) is 4.57. The number of anilines is 1. The van der Waals surface area contributed by atoms with E-state index >= 15 is 0 Å². The molecule has 0 fully saturated rings. The second-order valence-corrected chi connectivity index (χ2v) is 6.61. The number of fused-ring (bicyclic) bond motifs is 1. The minimum Gasteiger partial charge on any atom is -0.326 e. The Morgan fingerprint density at radius 3 is 2.53 bits per heavy atom. The summed E-state index contributed by atoms with van der Waals surface area (Å²) in [5.74, 6) is -0.0695. The molecule has 1 heterocycles. The molecular formula is C12H15NO3S. The van der Waals surface area contributed by atoms with E-state index in [0.29, 0.717) is 5.69 Å². The fourth-order valence-electron chi connectivity index (χ4n) is 2.19. The van der Waals surface area contributed by atoms with Crippen LogP contribution in [0.25, 0.3) is 0 Å². The van der Waals surface area contributed by atoms with Crippen molar-refractivity contribution >= 4 is 21.4 Å². The zero-order valence-electron chi connectivity index (χ0n) is 10.1. The molecule has 0 unspecified atom stereocenters. The molecule has 0 saturated carbocycles. The maximum Gasteiger partial charge on any atom is 0.221 e. The van der Waals surface area contributed by atoms with Gasteiger partial charge in [0.25, 0.3) is 0 Å². The lowest BCUT2D eigenvalue weighted by molar-refractivity contribution is -0.114. The van der Waals surface area contributed by atoms with Crippen molar-refractivity contribution < 1.29 is 13.2 Å². The second-order valence-electron chi connectivity index (χ2n) is 4.54. The first-order chi connectivity index (χ1) is 7.80. The summed E-state index contributed by atoms with van der Waals surface area (Å²) in [6, 6.07) is 1.90. The Morgan fingerprint density at radius 1 is 1.29 bits per heavy atom. The molecular weight excluding hydrogens is 238 g/mol. The Labute approximate surface area is 101 Å². The predicted molar refractivity (Wildman–Crippen MR) is 66.5 cm³/mol. The van der Waals surface area contributed by atoms with Crippen LogP contribution in [0.4, 0.5) is 5.69 Å². The molecule has 0 spiro atoms. The van der Waals surface area contributed by atoms with Crippen molar-refractivity contribution in [3.8, 4) is 0 Å². The van der Waals surface area contributed by atoms with Gasteiger partial charge in [-0.3, -0.25) is 4.79 Å². The van der Waals surface area contributed by atoms with E-state index in [4.69, 9.17) is 0 Å². The summed E-state index contributed by atoms with van der Waals surface area (Å²) in [4.78, 5) is 11.2. The summed E-state index contributed by atoms with van der Waals surface area (Å²) in [6.45, 7) is 5.25. The van der Waals surface area contributed by atoms with Gasteiger partial charge in [-0.05, 0) is 36.1 Å². The Bertz CT molecular complexity index is 603. The molecule has 0 saturated heterocycles. The zero-order valence-corrected chi connectivity index (χ0v) is 10.9. The highest BCUT2D eigenvalue weighted by molar-refractivity contribution is 7.90. The fraction of sp³-hybridized carbons (Fsp3) is 0.417. The number of benzene rings is 1. The summed E-state index contributed by atoms with van der Waals surface area (Å²) < 4.78 is 23.3. The van der Waals surface area contributed by atoms with E-state index in [0.717, 1.165) is 22.3 Å². The highest BCUT2D eigenvalue weighted by atomic mass is 32.2. The SMILES string of the molecule is CC(=O)Nc1c(C)c(C)cc2c1CS(=O)(=O)C2. The Kier molecular flexibility index (Phi) is 2.73. The number of hydrogen-bond donors (Lipinski definition) is 1. The number of carbonyl (C=O) groups excluding carboxylic acids is 1. The van der Waals surface area contributed by atoms with Crippen molar-refractivity contribution in [3.05, 3.63) is 28.3 Å². The number of amides is 1. The Balaban J connectivity index is 2.63. The quantitative estimate of drug-likeness (QED) is 0.828. The average molecular weight is 253 g/mol. The van der Waals surface area contributed by atoms with Crippen LogP contribution in [0, 0.1) is 13.8 Å². The highest BCUT2D eigenvalue weighted by Crippen LogP contribution is 2.35. The monoisotopic (exact) mass is 253 g/mol. The lowest BCUT2D eigenvalue weighted by Gasteiger charge is -2.14. The van der Waals surface area contributed by atoms with Crippen molar-refractivity contribution in [1.82, 2.24) is 0 Å². The lowest BCUT2D eigenvalue weighted by atomic mass is 9.99. The minimum atomic E-state index is -3.05. The summed E-state index contributed by atoms with van der Waals surface area (Å²) in [7, 11) is -3.05. The van der Waals surface area contributed by atoms with Gasteiger partial charge < -0.3 is 5.32 Å². The van der Waals surface area contributed by atoms with Gasteiger partial charge in [-0.15, -0.1) is 0 Å². The topological polar surface area (TPSA) is 63.2 Å². The normalized spacial score (nSPS) is 16.6. The van der Waals surface area contributed by atoms with Crippen molar-refractivity contribution in [3.63, 3.8) is 0 Å². The van der Waals surface area contributed by atoms with Crippen LogP contribution >= 0.6 is 0 Å². The van der Waals surface area contributed by atoms with Crippen LogP contribution in [0.2, 0.25) is 0 Å². The smallest absolute Gasteiger partial charge is 0.221 e. The van der Waals surface area contributed by atoms with Gasteiger partial charge in [0.05, 0.1) is 11.5 Å². The molecule has 0 radical (unpaired) electrons. The third-order valence-electron chi connectivity index (χ3n) is 3.09. The maximum atomic E-state index is 11.6. The fourth-order valence-corrected chi connectivity index (χ4v) is 3.79. The largest absolute Gasteiger partial charge is 0.326 e. The average Bonchev–Trinajstić information content (AvgIpc) is 2.47. The van der Waals surface area contributed by atoms with Gasteiger partial charge in [-0.1, -0.05) is 6.07 Å². The van der Waals surface area contributed by atoms with Gasteiger partial charge in [0, 0.05) is 12.6 Å². The molecule has 1 aliphatic rings. The molecule has 92 valence electrons. The standard InChI is InChI=1S/C12H15NO3S/c1-7-4-10-5-17(15,16)6-11(10)12(8(7)2)13-9(3)14/h4H,5-6H2,1-3H3,(H,13,14). The molecule has 1 aliphatic heterocycles. The van der Waals surface area contributed by atoms with Gasteiger partial charge in [0.15, 0.2) is 9.84 Å². The number of nitrogens with one attached hydrogen (secondary N) is 1. The minimum absolute atomic E-state index is 0.0269. The number of hydrogen-bond acceptors (Lipinski definition) is 3. The number of aryl methyl sites for hydroxylation is 1. The predicted octanol–water partition coefficient (Wildman–Crippen LogP) is 1.69. The lowest BCUT2D eigenvalue weighted by Crippen LogP contribution is -2.10. The molecule has 1 amide bonds. The Morgan fingerprint density at radius 2 is 1.94 bits per heavy atom. The first kappa shape index (κ1) is 12.1. The van der Waals surface area contributed by atoms with Crippen LogP contribution < -0.4 is 5.32 Å². The van der Waals surface area contributed by atoms with E-state index in [1.165, 1.54) is 6.92 Å². The van der Waals surface area contributed by atoms with Crippen molar-refractivity contribution in [1.29, 1.82) is 0 Å². The van der Waals surface area contributed by atoms with Crippen molar-refractivity contribution in [2.75, 3.05) is 5.32 Å². The molecule has 4 nitrogen and oxygen atoms in total. The van der Waals surface area contributed by atoms with Crippen LogP contribution in [0.3, 0.4) is 0 Å². The summed E-state index contributed by atoms with van der Waals surface area (Å²) >= 11 is 0. The van der Waals surface area contributed by atoms with Gasteiger partial charge in [-0.25, -0.2) is 8.42 Å². The van der Waals surface area contributed by atoms with Gasteiger partial charge in [-0.2, -0.15) is 0 Å². The van der Waals surface area contributed by atoms with Gasteiger partial charge in [0.1, 0.15) is 0 Å². The second kappa shape index (κ2) is 3.84. The Hall–Kier alpha value is -1.36. The van der Waals surface area contributed by atoms with Crippen LogP contribution in [-0.4, -0.2) is 14.3 Å². The van der Waals surface area contributed by atoms with Crippen molar-refractivity contribution in [2.45, 2.75) is 32.3 Å². The molecule has 0 bridgehead atoms. The van der Waals surface area contributed by atoms with Crippen molar-refractivity contribution in [2.24, 2.45) is 0 Å². The summed E-state index contributed by atoms with van der Waals surface area (Å²) in [6.07, 6.45) is 0. The highest BCUT2D eigenvalue weighted by Gasteiger charge is 2.28. The maximum absolute atomic E-state index is 11.6. The molecule has 1 aromatic rings. The van der Waals surface area contributed by atoms with E-state index in [1.807, 2.05) is 19.9 Å². The molecule has 1 N–H and O–H groups in total.